The van der Waals surface area contributed by atoms with Crippen molar-refractivity contribution in [1.29, 1.82) is 0 Å². The maximum atomic E-state index is 13.0. The van der Waals surface area contributed by atoms with E-state index in [-0.39, 0.29) is 35.5 Å². The Morgan fingerprint density at radius 2 is 2.08 bits per heavy atom. The number of benzene rings is 2. The van der Waals surface area contributed by atoms with Crippen LogP contribution in [0.1, 0.15) is 54.0 Å². The number of aromatic nitrogens is 4. The highest BCUT2D eigenvalue weighted by Crippen LogP contribution is 2.43. The Labute approximate surface area is 229 Å². The minimum absolute atomic E-state index is 0.00573. The summed E-state index contributed by atoms with van der Waals surface area (Å²) in [6, 6.07) is 13.1. The van der Waals surface area contributed by atoms with Crippen molar-refractivity contribution in [2.45, 2.75) is 37.4 Å². The SMILES string of the molecule is BC1(B)CN(C(=O)CNC(=O)c2cccc(C#C)c2)CCC1c1nc(-c2ccc3cnn(C(C)C)c3c2)no1. The molecule has 0 spiro atoms. The molecule has 1 N–H and O–H groups in total. The maximum absolute atomic E-state index is 13.0. The van der Waals surface area contributed by atoms with Crippen molar-refractivity contribution < 1.29 is 14.1 Å². The van der Waals surface area contributed by atoms with E-state index in [2.05, 4.69) is 51.0 Å². The molecule has 4 aromatic rings. The first-order chi connectivity index (χ1) is 18.7. The molecule has 11 heteroatoms. The van der Waals surface area contributed by atoms with E-state index in [0.717, 1.165) is 16.5 Å². The lowest BCUT2D eigenvalue weighted by Crippen LogP contribution is -2.49. The summed E-state index contributed by atoms with van der Waals surface area (Å²) >= 11 is 0. The first-order valence-corrected chi connectivity index (χ1v) is 13.1. The molecule has 0 bridgehead atoms. The van der Waals surface area contributed by atoms with Crippen LogP contribution in [0.25, 0.3) is 22.3 Å². The first-order valence-electron chi connectivity index (χ1n) is 13.1. The molecule has 1 saturated heterocycles. The Bertz CT molecular complexity index is 1590. The van der Waals surface area contributed by atoms with Crippen LogP contribution in [0.3, 0.4) is 0 Å². The van der Waals surface area contributed by atoms with Gasteiger partial charge in [0.1, 0.15) is 15.7 Å². The zero-order chi connectivity index (χ0) is 27.7. The number of hydrogen-bond donors (Lipinski definition) is 1. The van der Waals surface area contributed by atoms with Gasteiger partial charge in [0, 0.05) is 47.1 Å². The number of piperidine rings is 1. The number of carbonyl (C=O) groups excluding carboxylic acids is 2. The van der Waals surface area contributed by atoms with Crippen LogP contribution in [0.5, 0.6) is 0 Å². The van der Waals surface area contributed by atoms with Crippen molar-refractivity contribution in [1.82, 2.24) is 30.1 Å². The zero-order valence-electron chi connectivity index (χ0n) is 22.6. The lowest BCUT2D eigenvalue weighted by atomic mass is 9.46. The van der Waals surface area contributed by atoms with E-state index in [1.165, 1.54) is 0 Å². The molecule has 9 nitrogen and oxygen atoms in total. The summed E-state index contributed by atoms with van der Waals surface area (Å²) in [5.41, 5.74) is 2.94. The molecule has 0 aliphatic carbocycles. The molecule has 3 heterocycles. The van der Waals surface area contributed by atoms with Gasteiger partial charge in [0.25, 0.3) is 5.91 Å². The summed E-state index contributed by atoms with van der Waals surface area (Å²) in [5, 5.41) is 12.2. The molecule has 0 radical (unpaired) electrons. The Kier molecular flexibility index (Phi) is 7.04. The number of rotatable bonds is 6. The fourth-order valence-corrected chi connectivity index (χ4v) is 5.23. The molecule has 1 atom stereocenters. The van der Waals surface area contributed by atoms with Gasteiger partial charge in [-0.15, -0.1) is 6.42 Å². The van der Waals surface area contributed by atoms with Crippen LogP contribution in [0.15, 0.2) is 53.2 Å². The van der Waals surface area contributed by atoms with Gasteiger partial charge in [0.05, 0.1) is 18.3 Å². The lowest BCUT2D eigenvalue weighted by molar-refractivity contribution is -0.131. The summed E-state index contributed by atoms with van der Waals surface area (Å²) in [5.74, 6) is 3.15. The Balaban J connectivity index is 1.24. The van der Waals surface area contributed by atoms with E-state index < -0.39 is 0 Å². The van der Waals surface area contributed by atoms with E-state index >= 15 is 0 Å². The van der Waals surface area contributed by atoms with Gasteiger partial charge >= 0.3 is 0 Å². The van der Waals surface area contributed by atoms with Crippen molar-refractivity contribution in [3.8, 4) is 23.7 Å². The second kappa shape index (κ2) is 10.4. The van der Waals surface area contributed by atoms with E-state index in [1.807, 2.05) is 29.1 Å². The fraction of sp³-hybridized carbons (Fsp3) is 0.321. The third-order valence-corrected chi connectivity index (χ3v) is 7.36. The van der Waals surface area contributed by atoms with Crippen LogP contribution < -0.4 is 5.32 Å². The van der Waals surface area contributed by atoms with Crippen molar-refractivity contribution in [3.63, 3.8) is 0 Å². The molecule has 39 heavy (non-hydrogen) atoms. The van der Waals surface area contributed by atoms with Gasteiger partial charge in [0.15, 0.2) is 0 Å². The normalized spacial score (nSPS) is 16.8. The smallest absolute Gasteiger partial charge is 0.251 e. The summed E-state index contributed by atoms with van der Waals surface area (Å²) in [6.45, 7) is 5.15. The molecule has 196 valence electrons. The minimum Gasteiger partial charge on any atom is -0.343 e. The summed E-state index contributed by atoms with van der Waals surface area (Å²) < 4.78 is 7.73. The molecular formula is C28H30B2N6O3. The van der Waals surface area contributed by atoms with Crippen LogP contribution in [-0.2, 0) is 4.79 Å². The molecule has 5 rings (SSSR count). The topological polar surface area (TPSA) is 106 Å². The van der Waals surface area contributed by atoms with Crippen molar-refractivity contribution in [3.05, 3.63) is 65.7 Å². The van der Waals surface area contributed by atoms with Crippen molar-refractivity contribution in [2.24, 2.45) is 0 Å². The number of likely N-dealkylation sites (tertiary alicyclic amines) is 1. The highest BCUT2D eigenvalue weighted by molar-refractivity contribution is 6.40. The quantitative estimate of drug-likeness (QED) is 0.307. The number of amides is 2. The molecular weight excluding hydrogens is 490 g/mol. The Morgan fingerprint density at radius 1 is 1.26 bits per heavy atom. The second-order valence-electron chi connectivity index (χ2n) is 11.0. The van der Waals surface area contributed by atoms with Gasteiger partial charge in [0.2, 0.25) is 17.6 Å². The first kappa shape index (κ1) is 26.3. The second-order valence-corrected chi connectivity index (χ2v) is 11.0. The monoisotopic (exact) mass is 520 g/mol. The average molecular weight is 520 g/mol. The van der Waals surface area contributed by atoms with Gasteiger partial charge in [-0.05, 0) is 44.5 Å². The highest BCUT2D eigenvalue weighted by Gasteiger charge is 2.41. The number of terminal acetylenes is 1. The Morgan fingerprint density at radius 3 is 2.82 bits per heavy atom. The summed E-state index contributed by atoms with van der Waals surface area (Å²) in [4.78, 5) is 32.0. The van der Waals surface area contributed by atoms with Gasteiger partial charge in [-0.25, -0.2) is 0 Å². The third-order valence-electron chi connectivity index (χ3n) is 7.36. The number of nitrogens with one attached hydrogen (secondary N) is 1. The summed E-state index contributed by atoms with van der Waals surface area (Å²) in [7, 11) is 4.19. The molecule has 1 aliphatic heterocycles. The number of hydrogen-bond acceptors (Lipinski definition) is 6. The van der Waals surface area contributed by atoms with Crippen LogP contribution in [-0.4, -0.2) is 72.0 Å². The van der Waals surface area contributed by atoms with E-state index in [0.29, 0.717) is 42.4 Å². The average Bonchev–Trinajstić information content (AvgIpc) is 3.58. The van der Waals surface area contributed by atoms with Crippen molar-refractivity contribution >= 4 is 38.4 Å². The van der Waals surface area contributed by atoms with Crippen molar-refractivity contribution in [2.75, 3.05) is 19.6 Å². The third kappa shape index (κ3) is 5.32. The molecule has 1 aliphatic rings. The van der Waals surface area contributed by atoms with E-state index in [1.54, 1.807) is 29.2 Å². The number of nitrogens with zero attached hydrogens (tertiary/aromatic N) is 5. The van der Waals surface area contributed by atoms with E-state index in [9.17, 15) is 9.59 Å². The van der Waals surface area contributed by atoms with Gasteiger partial charge in [-0.2, -0.15) is 10.1 Å². The number of fused-ring (bicyclic) bond motifs is 1. The van der Waals surface area contributed by atoms with Crippen LogP contribution >= 0.6 is 0 Å². The predicted molar refractivity (Wildman–Crippen MR) is 154 cm³/mol. The molecule has 0 saturated carbocycles. The standard InChI is InChI=1S/C28H30B2N6O3/c1-4-18-6-5-7-20(12-18)26(38)31-15-24(37)35-11-10-22(28(29,30)16-35)27-33-25(34-39-27)19-8-9-21-14-32-36(17(2)3)23(21)13-19/h1,5-9,12-14,17,22H,10-11,15-16,29-30H2,2-3H3,(H,31,38). The van der Waals surface area contributed by atoms with E-state index in [4.69, 9.17) is 15.9 Å². The fourth-order valence-electron chi connectivity index (χ4n) is 5.23. The summed E-state index contributed by atoms with van der Waals surface area (Å²) in [6.07, 6.45) is 7.96. The molecule has 2 amide bonds. The minimum atomic E-state index is -0.331. The molecule has 1 unspecified atom stereocenters. The van der Waals surface area contributed by atoms with Gasteiger partial charge < -0.3 is 14.7 Å². The van der Waals surface area contributed by atoms with Crippen LogP contribution in [0, 0.1) is 12.3 Å². The molecule has 2 aromatic heterocycles. The highest BCUT2D eigenvalue weighted by atomic mass is 16.5. The lowest BCUT2D eigenvalue weighted by Gasteiger charge is -2.43. The zero-order valence-corrected chi connectivity index (χ0v) is 22.6. The predicted octanol–water partition coefficient (Wildman–Crippen LogP) is 1.78. The largest absolute Gasteiger partial charge is 0.343 e. The maximum Gasteiger partial charge on any atom is 0.251 e. The Hall–Kier alpha value is -4.32. The van der Waals surface area contributed by atoms with Crippen LogP contribution in [0.4, 0.5) is 0 Å². The molecule has 1 fully saturated rings. The van der Waals surface area contributed by atoms with Crippen LogP contribution in [0.2, 0.25) is 5.21 Å². The van der Waals surface area contributed by atoms with Gasteiger partial charge in [-0.3, -0.25) is 14.3 Å². The molecule has 2 aromatic carbocycles. The van der Waals surface area contributed by atoms with Gasteiger partial charge in [-0.1, -0.05) is 34.5 Å². The number of carbonyl (C=O) groups is 2.